The zero-order chi connectivity index (χ0) is 22.4. The SMILES string of the molecule is O=C(CCc1ccc(S(=O)(=O)N2CCCC2)cc1)Nc1ccccc1Sc1ccccc1. The van der Waals surface area contributed by atoms with Crippen LogP contribution in [0.1, 0.15) is 24.8 Å². The van der Waals surface area contributed by atoms with Gasteiger partial charge in [0.15, 0.2) is 0 Å². The van der Waals surface area contributed by atoms with Gasteiger partial charge >= 0.3 is 0 Å². The van der Waals surface area contributed by atoms with E-state index in [1.807, 2.05) is 54.6 Å². The van der Waals surface area contributed by atoms with Crippen molar-refractivity contribution in [3.63, 3.8) is 0 Å². The van der Waals surface area contributed by atoms with Gasteiger partial charge in [0.05, 0.1) is 10.6 Å². The Morgan fingerprint density at radius 2 is 1.53 bits per heavy atom. The Balaban J connectivity index is 1.35. The highest BCUT2D eigenvalue weighted by molar-refractivity contribution is 7.99. The van der Waals surface area contributed by atoms with Crippen LogP contribution in [-0.2, 0) is 21.2 Å². The smallest absolute Gasteiger partial charge is 0.243 e. The Kier molecular flexibility index (Phi) is 7.29. The molecule has 1 amide bonds. The minimum Gasteiger partial charge on any atom is -0.325 e. The highest BCUT2D eigenvalue weighted by Gasteiger charge is 2.26. The summed E-state index contributed by atoms with van der Waals surface area (Å²) in [5.74, 6) is -0.0696. The predicted molar refractivity (Wildman–Crippen MR) is 128 cm³/mol. The Morgan fingerprint density at radius 1 is 0.875 bits per heavy atom. The molecule has 0 radical (unpaired) electrons. The van der Waals surface area contributed by atoms with Crippen LogP contribution < -0.4 is 5.32 Å². The number of carbonyl (C=O) groups excluding carboxylic acids is 1. The van der Waals surface area contributed by atoms with Crippen molar-refractivity contribution in [2.45, 2.75) is 40.4 Å². The number of nitrogens with zero attached hydrogens (tertiary/aromatic N) is 1. The van der Waals surface area contributed by atoms with Crippen LogP contribution in [0.15, 0.2) is 93.5 Å². The fraction of sp³-hybridized carbons (Fsp3) is 0.240. The van der Waals surface area contributed by atoms with E-state index in [0.29, 0.717) is 30.8 Å². The molecule has 7 heteroatoms. The first-order chi connectivity index (χ1) is 15.5. The summed E-state index contributed by atoms with van der Waals surface area (Å²) in [6.45, 7) is 1.18. The van der Waals surface area contributed by atoms with Crippen LogP contribution in [-0.4, -0.2) is 31.7 Å². The molecule has 3 aromatic carbocycles. The quantitative estimate of drug-likeness (QED) is 0.496. The van der Waals surface area contributed by atoms with Gasteiger partial charge in [-0.2, -0.15) is 4.31 Å². The van der Waals surface area contributed by atoms with Crippen molar-refractivity contribution in [2.24, 2.45) is 0 Å². The molecule has 1 aliphatic rings. The second-order valence-corrected chi connectivity index (χ2v) is 10.8. The summed E-state index contributed by atoms with van der Waals surface area (Å²) in [6, 6.07) is 24.7. The van der Waals surface area contributed by atoms with Crippen LogP contribution in [0.5, 0.6) is 0 Å². The maximum absolute atomic E-state index is 12.6. The minimum atomic E-state index is -3.41. The number of hydrogen-bond donors (Lipinski definition) is 1. The summed E-state index contributed by atoms with van der Waals surface area (Å²) in [7, 11) is -3.41. The number of benzene rings is 3. The zero-order valence-corrected chi connectivity index (χ0v) is 19.4. The molecule has 0 aliphatic carbocycles. The van der Waals surface area contributed by atoms with Gasteiger partial charge in [-0.05, 0) is 61.2 Å². The Labute approximate surface area is 193 Å². The van der Waals surface area contributed by atoms with Gasteiger partial charge in [0.1, 0.15) is 0 Å². The zero-order valence-electron chi connectivity index (χ0n) is 17.7. The molecule has 1 saturated heterocycles. The van der Waals surface area contributed by atoms with Gasteiger partial charge in [-0.1, -0.05) is 54.2 Å². The molecular weight excluding hydrogens is 440 g/mol. The number of nitrogens with one attached hydrogen (secondary N) is 1. The third-order valence-corrected chi connectivity index (χ3v) is 8.40. The average Bonchev–Trinajstić information content (AvgIpc) is 3.36. The van der Waals surface area contributed by atoms with E-state index in [-0.39, 0.29) is 5.91 Å². The molecule has 0 atom stereocenters. The van der Waals surface area contributed by atoms with Crippen molar-refractivity contribution in [2.75, 3.05) is 18.4 Å². The molecule has 0 saturated carbocycles. The first-order valence-corrected chi connectivity index (χ1v) is 13.0. The molecule has 5 nitrogen and oxygen atoms in total. The van der Waals surface area contributed by atoms with Crippen molar-refractivity contribution in [1.29, 1.82) is 0 Å². The van der Waals surface area contributed by atoms with Crippen molar-refractivity contribution >= 4 is 33.4 Å². The van der Waals surface area contributed by atoms with E-state index in [2.05, 4.69) is 5.32 Å². The predicted octanol–water partition coefficient (Wildman–Crippen LogP) is 5.19. The van der Waals surface area contributed by atoms with Crippen LogP contribution in [0.3, 0.4) is 0 Å². The third kappa shape index (κ3) is 5.59. The lowest BCUT2D eigenvalue weighted by Crippen LogP contribution is -2.27. The molecule has 0 unspecified atom stereocenters. The van der Waals surface area contributed by atoms with Gasteiger partial charge < -0.3 is 5.32 Å². The summed E-state index contributed by atoms with van der Waals surface area (Å²) in [4.78, 5) is 15.0. The van der Waals surface area contributed by atoms with E-state index < -0.39 is 10.0 Å². The van der Waals surface area contributed by atoms with Crippen LogP contribution in [0, 0.1) is 0 Å². The molecular formula is C25H26N2O3S2. The van der Waals surface area contributed by atoms with E-state index in [9.17, 15) is 13.2 Å². The molecule has 4 rings (SSSR count). The number of hydrogen-bond acceptors (Lipinski definition) is 4. The number of anilines is 1. The van der Waals surface area contributed by atoms with E-state index in [1.54, 1.807) is 40.3 Å². The largest absolute Gasteiger partial charge is 0.325 e. The van der Waals surface area contributed by atoms with Crippen molar-refractivity contribution in [3.8, 4) is 0 Å². The monoisotopic (exact) mass is 466 g/mol. The van der Waals surface area contributed by atoms with Gasteiger partial charge in [0.2, 0.25) is 15.9 Å². The van der Waals surface area contributed by atoms with Crippen LogP contribution in [0.4, 0.5) is 5.69 Å². The first-order valence-electron chi connectivity index (χ1n) is 10.7. The molecule has 1 heterocycles. The van der Waals surface area contributed by atoms with Crippen molar-refractivity contribution in [3.05, 3.63) is 84.4 Å². The topological polar surface area (TPSA) is 66.5 Å². The van der Waals surface area contributed by atoms with Gasteiger partial charge in [0.25, 0.3) is 0 Å². The lowest BCUT2D eigenvalue weighted by atomic mass is 10.1. The number of amides is 1. The summed E-state index contributed by atoms with van der Waals surface area (Å²) >= 11 is 1.61. The number of aryl methyl sites for hydroxylation is 1. The Bertz CT molecular complexity index is 1160. The molecule has 0 aromatic heterocycles. The summed E-state index contributed by atoms with van der Waals surface area (Å²) < 4.78 is 26.8. The van der Waals surface area contributed by atoms with E-state index in [4.69, 9.17) is 0 Å². The normalized spacial score (nSPS) is 14.4. The van der Waals surface area contributed by atoms with E-state index in [1.165, 1.54) is 0 Å². The van der Waals surface area contributed by atoms with E-state index >= 15 is 0 Å². The highest BCUT2D eigenvalue weighted by atomic mass is 32.2. The van der Waals surface area contributed by atoms with Gasteiger partial charge in [0, 0.05) is 29.3 Å². The Morgan fingerprint density at radius 3 is 2.25 bits per heavy atom. The Hall–Kier alpha value is -2.61. The maximum atomic E-state index is 12.6. The standard InChI is InChI=1S/C25H26N2O3S2/c28-25(26-23-10-4-5-11-24(23)31-21-8-2-1-3-9-21)17-14-20-12-15-22(16-13-20)32(29,30)27-18-6-7-19-27/h1-5,8-13,15-16H,6-7,14,17-19H2,(H,26,28). The van der Waals surface area contributed by atoms with Crippen molar-refractivity contribution in [1.82, 2.24) is 4.31 Å². The molecule has 1 aliphatic heterocycles. The second-order valence-electron chi connectivity index (χ2n) is 7.71. The maximum Gasteiger partial charge on any atom is 0.243 e. The number of rotatable bonds is 8. The van der Waals surface area contributed by atoms with E-state index in [0.717, 1.165) is 33.9 Å². The number of carbonyl (C=O) groups is 1. The molecule has 1 fully saturated rings. The fourth-order valence-electron chi connectivity index (χ4n) is 3.65. The molecule has 32 heavy (non-hydrogen) atoms. The van der Waals surface area contributed by atoms with Gasteiger partial charge in [-0.25, -0.2) is 8.42 Å². The molecule has 0 bridgehead atoms. The van der Waals surface area contributed by atoms with Crippen LogP contribution in [0.25, 0.3) is 0 Å². The minimum absolute atomic E-state index is 0.0696. The lowest BCUT2D eigenvalue weighted by Gasteiger charge is -2.15. The summed E-state index contributed by atoms with van der Waals surface area (Å²) in [5.41, 5.74) is 1.73. The van der Waals surface area contributed by atoms with Gasteiger partial charge in [-0.3, -0.25) is 4.79 Å². The number of sulfonamides is 1. The molecule has 166 valence electrons. The first kappa shape index (κ1) is 22.6. The molecule has 3 aromatic rings. The fourth-order valence-corrected chi connectivity index (χ4v) is 6.09. The van der Waals surface area contributed by atoms with Crippen molar-refractivity contribution < 1.29 is 13.2 Å². The third-order valence-electron chi connectivity index (χ3n) is 5.40. The molecule has 0 spiro atoms. The van der Waals surface area contributed by atoms with Gasteiger partial charge in [-0.15, -0.1) is 0 Å². The highest BCUT2D eigenvalue weighted by Crippen LogP contribution is 2.33. The second kappa shape index (κ2) is 10.3. The average molecular weight is 467 g/mol. The van der Waals surface area contributed by atoms with Crippen LogP contribution in [0.2, 0.25) is 0 Å². The molecule has 1 N–H and O–H groups in total. The lowest BCUT2D eigenvalue weighted by molar-refractivity contribution is -0.116. The summed E-state index contributed by atoms with van der Waals surface area (Å²) in [6.07, 6.45) is 2.70. The van der Waals surface area contributed by atoms with Crippen LogP contribution >= 0.6 is 11.8 Å². The number of para-hydroxylation sites is 1. The summed E-state index contributed by atoms with van der Waals surface area (Å²) in [5, 5.41) is 3.01.